The minimum Gasteiger partial charge on any atom is -0.389 e. The molecule has 0 unspecified atom stereocenters. The number of nitrogens with zero attached hydrogens (tertiary/aromatic N) is 5. The largest absolute Gasteiger partial charge is 0.389 e. The Labute approximate surface area is 206 Å². The fourth-order valence-corrected chi connectivity index (χ4v) is 4.93. The van der Waals surface area contributed by atoms with E-state index in [4.69, 9.17) is 10.1 Å². The molecule has 0 spiro atoms. The lowest BCUT2D eigenvalue weighted by atomic mass is 9.96. The Morgan fingerprint density at radius 1 is 1.23 bits per heavy atom. The summed E-state index contributed by atoms with van der Waals surface area (Å²) in [6, 6.07) is 6.94. The molecule has 188 valence electrons. The van der Waals surface area contributed by atoms with Crippen LogP contribution in [-0.4, -0.2) is 72.7 Å². The van der Waals surface area contributed by atoms with Gasteiger partial charge in [-0.2, -0.15) is 5.10 Å². The van der Waals surface area contributed by atoms with Crippen LogP contribution in [0.5, 0.6) is 0 Å². The lowest BCUT2D eigenvalue weighted by molar-refractivity contribution is -0.0174. The van der Waals surface area contributed by atoms with Crippen LogP contribution in [0.1, 0.15) is 69.1 Å². The summed E-state index contributed by atoms with van der Waals surface area (Å²) >= 11 is 0. The van der Waals surface area contributed by atoms with Crippen molar-refractivity contribution in [3.8, 4) is 11.3 Å². The Balaban J connectivity index is 1.68. The minimum atomic E-state index is -0.788. The third kappa shape index (κ3) is 5.23. The number of amides is 1. The molecule has 1 aliphatic rings. The molecule has 1 amide bonds. The van der Waals surface area contributed by atoms with Gasteiger partial charge < -0.3 is 10.0 Å². The molecule has 1 fully saturated rings. The van der Waals surface area contributed by atoms with Crippen LogP contribution in [0.4, 0.5) is 4.39 Å². The normalized spacial score (nSPS) is 16.9. The van der Waals surface area contributed by atoms with Crippen LogP contribution in [0.25, 0.3) is 16.9 Å². The summed E-state index contributed by atoms with van der Waals surface area (Å²) in [6.07, 6.45) is 1.70. The number of hydrogen-bond donors (Lipinski definition) is 1. The molecule has 4 rings (SSSR count). The second kappa shape index (κ2) is 8.99. The summed E-state index contributed by atoms with van der Waals surface area (Å²) in [5, 5.41) is 14.9. The van der Waals surface area contributed by atoms with Crippen LogP contribution in [0.3, 0.4) is 0 Å². The SMILES string of the molecule is Cc1cc(-c2cc(C(C)C)c3nc(C(=O)N4CCN(CC(C)(C)O)CC4(C)C)cn3n2)ccc1F. The van der Waals surface area contributed by atoms with E-state index in [2.05, 4.69) is 18.7 Å². The first-order valence-corrected chi connectivity index (χ1v) is 12.2. The van der Waals surface area contributed by atoms with E-state index in [0.717, 1.165) is 11.1 Å². The van der Waals surface area contributed by atoms with Gasteiger partial charge in [0.1, 0.15) is 11.5 Å². The highest BCUT2D eigenvalue weighted by Gasteiger charge is 2.39. The second-order valence-electron chi connectivity index (χ2n) is 11.3. The number of halogens is 1. The molecule has 0 atom stereocenters. The van der Waals surface area contributed by atoms with Crippen molar-refractivity contribution in [3.05, 3.63) is 53.1 Å². The fourth-order valence-electron chi connectivity index (χ4n) is 4.93. The van der Waals surface area contributed by atoms with Crippen molar-refractivity contribution >= 4 is 11.6 Å². The van der Waals surface area contributed by atoms with E-state index in [-0.39, 0.29) is 17.6 Å². The maximum atomic E-state index is 13.8. The highest BCUT2D eigenvalue weighted by molar-refractivity contribution is 5.93. The van der Waals surface area contributed by atoms with Crippen LogP contribution in [0.15, 0.2) is 30.5 Å². The quantitative estimate of drug-likeness (QED) is 0.589. The molecule has 3 heterocycles. The molecule has 1 aliphatic heterocycles. The van der Waals surface area contributed by atoms with Gasteiger partial charge in [0.15, 0.2) is 5.65 Å². The molecule has 8 heteroatoms. The van der Waals surface area contributed by atoms with Crippen LogP contribution in [0, 0.1) is 12.7 Å². The van der Waals surface area contributed by atoms with Gasteiger partial charge in [-0.15, -0.1) is 0 Å². The van der Waals surface area contributed by atoms with E-state index in [1.807, 2.05) is 24.8 Å². The van der Waals surface area contributed by atoms with Gasteiger partial charge in [-0.25, -0.2) is 13.9 Å². The number of carbonyl (C=O) groups excluding carboxylic acids is 1. The second-order valence-corrected chi connectivity index (χ2v) is 11.3. The number of hydrogen-bond acceptors (Lipinski definition) is 5. The predicted molar refractivity (Wildman–Crippen MR) is 135 cm³/mol. The summed E-state index contributed by atoms with van der Waals surface area (Å²) in [6.45, 7) is 16.1. The number of piperazine rings is 1. The predicted octanol–water partition coefficient (Wildman–Crippen LogP) is 4.27. The lowest BCUT2D eigenvalue weighted by Gasteiger charge is -2.48. The molecule has 35 heavy (non-hydrogen) atoms. The maximum Gasteiger partial charge on any atom is 0.274 e. The number of rotatable bonds is 5. The molecule has 1 saturated heterocycles. The van der Waals surface area contributed by atoms with Crippen molar-refractivity contribution in [2.45, 2.75) is 65.5 Å². The maximum absolute atomic E-state index is 13.8. The standard InChI is InChI=1S/C27H36FN5O2/c1-17(2)20-13-22(19-8-9-21(28)18(3)12-19)30-33-14-23(29-24(20)33)25(34)32-11-10-31(15-26(32,4)5)16-27(6,7)35/h8-9,12-14,17,35H,10-11,15-16H2,1-7H3. The Kier molecular flexibility index (Phi) is 6.49. The topological polar surface area (TPSA) is 74.0 Å². The van der Waals surface area contributed by atoms with Crippen molar-refractivity contribution in [3.63, 3.8) is 0 Å². The van der Waals surface area contributed by atoms with Crippen molar-refractivity contribution in [1.29, 1.82) is 0 Å². The molecule has 0 bridgehead atoms. The molecule has 0 radical (unpaired) electrons. The first-order valence-electron chi connectivity index (χ1n) is 12.2. The van der Waals surface area contributed by atoms with Gasteiger partial charge in [-0.1, -0.05) is 13.8 Å². The number of benzene rings is 1. The fraction of sp³-hybridized carbons (Fsp3) is 0.519. The summed E-state index contributed by atoms with van der Waals surface area (Å²) in [7, 11) is 0. The molecule has 2 aromatic heterocycles. The Bertz CT molecular complexity index is 1260. The van der Waals surface area contributed by atoms with E-state index in [9.17, 15) is 14.3 Å². The van der Waals surface area contributed by atoms with Gasteiger partial charge in [0.2, 0.25) is 0 Å². The molecule has 1 N–H and O–H groups in total. The number of β-amino-alcohol motifs (C(OH)–C–C–N with tert-alkyl or cyclic N) is 1. The zero-order chi connectivity index (χ0) is 25.7. The summed E-state index contributed by atoms with van der Waals surface area (Å²) in [4.78, 5) is 22.4. The van der Waals surface area contributed by atoms with Gasteiger partial charge in [0.05, 0.1) is 23.0 Å². The number of aryl methyl sites for hydroxylation is 1. The van der Waals surface area contributed by atoms with E-state index in [1.165, 1.54) is 6.07 Å². The smallest absolute Gasteiger partial charge is 0.274 e. The van der Waals surface area contributed by atoms with Crippen molar-refractivity contribution in [2.24, 2.45) is 0 Å². The molecule has 3 aromatic rings. The zero-order valence-corrected chi connectivity index (χ0v) is 21.8. The molecule has 7 nitrogen and oxygen atoms in total. The summed E-state index contributed by atoms with van der Waals surface area (Å²) in [5.74, 6) is -0.218. The first kappa shape index (κ1) is 25.3. The van der Waals surface area contributed by atoms with Crippen LogP contribution < -0.4 is 0 Å². The monoisotopic (exact) mass is 481 g/mol. The summed E-state index contributed by atoms with van der Waals surface area (Å²) < 4.78 is 15.5. The van der Waals surface area contributed by atoms with Crippen LogP contribution >= 0.6 is 0 Å². The first-order chi connectivity index (χ1) is 16.2. The van der Waals surface area contributed by atoms with Gasteiger partial charge in [-0.05, 0) is 70.4 Å². The number of aliphatic hydroxyl groups is 1. The highest BCUT2D eigenvalue weighted by atomic mass is 19.1. The van der Waals surface area contributed by atoms with Gasteiger partial charge in [0, 0.05) is 37.3 Å². The van der Waals surface area contributed by atoms with Crippen molar-refractivity contribution in [1.82, 2.24) is 24.4 Å². The zero-order valence-electron chi connectivity index (χ0n) is 21.8. The van der Waals surface area contributed by atoms with Crippen molar-refractivity contribution < 1.29 is 14.3 Å². The molecule has 0 saturated carbocycles. The average Bonchev–Trinajstić information content (AvgIpc) is 3.17. The van der Waals surface area contributed by atoms with E-state index >= 15 is 0 Å². The van der Waals surface area contributed by atoms with Gasteiger partial charge >= 0.3 is 0 Å². The van der Waals surface area contributed by atoms with Crippen LogP contribution in [0.2, 0.25) is 0 Å². The van der Waals surface area contributed by atoms with E-state index in [1.54, 1.807) is 43.6 Å². The third-order valence-electron chi connectivity index (χ3n) is 6.59. The number of fused-ring (bicyclic) bond motifs is 1. The van der Waals surface area contributed by atoms with Crippen LogP contribution in [-0.2, 0) is 0 Å². The Hall–Kier alpha value is -2.84. The third-order valence-corrected chi connectivity index (χ3v) is 6.59. The van der Waals surface area contributed by atoms with E-state index < -0.39 is 11.1 Å². The Morgan fingerprint density at radius 2 is 1.94 bits per heavy atom. The molecular weight excluding hydrogens is 445 g/mol. The lowest BCUT2D eigenvalue weighted by Crippen LogP contribution is -2.62. The number of imidazole rings is 1. The number of aromatic nitrogens is 3. The average molecular weight is 482 g/mol. The summed E-state index contributed by atoms with van der Waals surface area (Å²) in [5.41, 5.74) is 2.87. The Morgan fingerprint density at radius 3 is 2.54 bits per heavy atom. The van der Waals surface area contributed by atoms with Gasteiger partial charge in [0.25, 0.3) is 5.91 Å². The molecule has 1 aromatic carbocycles. The number of carbonyl (C=O) groups is 1. The van der Waals surface area contributed by atoms with Crippen molar-refractivity contribution in [2.75, 3.05) is 26.2 Å². The van der Waals surface area contributed by atoms with E-state index in [0.29, 0.717) is 48.8 Å². The minimum absolute atomic E-state index is 0.128. The highest BCUT2D eigenvalue weighted by Crippen LogP contribution is 2.28. The van der Waals surface area contributed by atoms with Gasteiger partial charge in [-0.3, -0.25) is 9.69 Å². The molecular formula is C27H36FN5O2. The molecule has 0 aliphatic carbocycles.